The quantitative estimate of drug-likeness (QED) is 0.356. The summed E-state index contributed by atoms with van der Waals surface area (Å²) in [5.41, 5.74) is 2.50. The van der Waals surface area contributed by atoms with Crippen molar-refractivity contribution in [1.29, 1.82) is 0 Å². The first-order valence-electron chi connectivity index (χ1n) is 12.6. The molecule has 5 heterocycles. The summed E-state index contributed by atoms with van der Waals surface area (Å²) in [5, 5.41) is 18.3. The maximum atomic E-state index is 13.1. The lowest BCUT2D eigenvalue weighted by molar-refractivity contribution is -0.147. The van der Waals surface area contributed by atoms with Crippen LogP contribution in [-0.4, -0.2) is 61.3 Å². The predicted octanol–water partition coefficient (Wildman–Crippen LogP) is 4.91. The van der Waals surface area contributed by atoms with Gasteiger partial charge < -0.3 is 14.8 Å². The number of likely N-dealkylation sites (tertiary alicyclic amines) is 1. The predicted molar refractivity (Wildman–Crippen MR) is 137 cm³/mol. The van der Waals surface area contributed by atoms with Gasteiger partial charge in [0.05, 0.1) is 29.0 Å². The van der Waals surface area contributed by atoms with E-state index in [0.717, 1.165) is 11.4 Å². The Labute approximate surface area is 222 Å². The Morgan fingerprint density at radius 3 is 2.62 bits per heavy atom. The molecule has 39 heavy (non-hydrogen) atoms. The molecule has 0 radical (unpaired) electrons. The van der Waals surface area contributed by atoms with Gasteiger partial charge in [-0.1, -0.05) is 0 Å². The third kappa shape index (κ3) is 6.12. The van der Waals surface area contributed by atoms with Crippen LogP contribution in [0.3, 0.4) is 0 Å². The number of aromatic nitrogens is 4. The molecule has 0 bridgehead atoms. The molecule has 1 saturated heterocycles. The van der Waals surface area contributed by atoms with Crippen LogP contribution in [0, 0.1) is 6.92 Å². The fraction of sp³-hybridized carbons (Fsp3) is 0.407. The topological polar surface area (TPSA) is 109 Å². The maximum Gasteiger partial charge on any atom is 0.401 e. The number of fused-ring (bicyclic) bond motifs is 1. The number of carbonyl (C=O) groups is 1. The SMILES string of the molecule is Cc1cc(-c2nc(C(=O)Nc3cc4cc(C5CCN(CC(F)(F)F)CC5)nn4cc3C(C)(C)O)co2)ccn1. The van der Waals surface area contributed by atoms with E-state index in [1.54, 1.807) is 49.0 Å². The van der Waals surface area contributed by atoms with E-state index in [2.05, 4.69) is 20.4 Å². The summed E-state index contributed by atoms with van der Waals surface area (Å²) in [7, 11) is 0. The van der Waals surface area contributed by atoms with Crippen molar-refractivity contribution >= 4 is 17.1 Å². The van der Waals surface area contributed by atoms with Crippen LogP contribution < -0.4 is 5.32 Å². The fourth-order valence-electron chi connectivity index (χ4n) is 4.86. The second-order valence-corrected chi connectivity index (χ2v) is 10.4. The zero-order valence-electron chi connectivity index (χ0n) is 21.8. The van der Waals surface area contributed by atoms with Crippen molar-refractivity contribution in [2.75, 3.05) is 25.0 Å². The van der Waals surface area contributed by atoms with Crippen molar-refractivity contribution in [1.82, 2.24) is 24.5 Å². The number of amides is 1. The lowest BCUT2D eigenvalue weighted by atomic mass is 9.93. The Hall–Kier alpha value is -3.77. The van der Waals surface area contributed by atoms with Gasteiger partial charge in [0.2, 0.25) is 5.89 Å². The summed E-state index contributed by atoms with van der Waals surface area (Å²) >= 11 is 0. The summed E-state index contributed by atoms with van der Waals surface area (Å²) in [4.78, 5) is 23.0. The van der Waals surface area contributed by atoms with Crippen molar-refractivity contribution in [3.63, 3.8) is 0 Å². The van der Waals surface area contributed by atoms with E-state index >= 15 is 0 Å². The number of carbonyl (C=O) groups excluding carboxylic acids is 1. The Balaban J connectivity index is 1.37. The van der Waals surface area contributed by atoms with E-state index in [4.69, 9.17) is 4.42 Å². The minimum Gasteiger partial charge on any atom is -0.444 e. The van der Waals surface area contributed by atoms with Gasteiger partial charge in [-0.05, 0) is 71.0 Å². The number of piperidine rings is 1. The van der Waals surface area contributed by atoms with Gasteiger partial charge in [0, 0.05) is 35.1 Å². The van der Waals surface area contributed by atoms with E-state index in [-0.39, 0.29) is 17.5 Å². The van der Waals surface area contributed by atoms with Crippen LogP contribution in [0.2, 0.25) is 0 Å². The van der Waals surface area contributed by atoms with Crippen LogP contribution in [0.25, 0.3) is 17.0 Å². The van der Waals surface area contributed by atoms with Crippen LogP contribution in [0.5, 0.6) is 0 Å². The number of oxazole rings is 1. The summed E-state index contributed by atoms with van der Waals surface area (Å²) in [6.45, 7) is 4.82. The molecule has 1 aliphatic rings. The largest absolute Gasteiger partial charge is 0.444 e. The zero-order valence-corrected chi connectivity index (χ0v) is 21.8. The normalized spacial score (nSPS) is 15.7. The molecular formula is C27H29F3N6O3. The molecular weight excluding hydrogens is 513 g/mol. The molecule has 0 spiro atoms. The molecule has 2 N–H and O–H groups in total. The molecule has 1 fully saturated rings. The van der Waals surface area contributed by atoms with E-state index in [9.17, 15) is 23.1 Å². The van der Waals surface area contributed by atoms with Gasteiger partial charge in [-0.15, -0.1) is 0 Å². The van der Waals surface area contributed by atoms with Gasteiger partial charge in [0.1, 0.15) is 6.26 Å². The minimum atomic E-state index is -4.21. The molecule has 206 valence electrons. The van der Waals surface area contributed by atoms with E-state index < -0.39 is 24.2 Å². The summed E-state index contributed by atoms with van der Waals surface area (Å²) in [5.74, 6) is -0.212. The van der Waals surface area contributed by atoms with Gasteiger partial charge >= 0.3 is 6.18 Å². The molecule has 0 aromatic carbocycles. The number of rotatable bonds is 6. The first-order chi connectivity index (χ1) is 18.4. The number of halogens is 3. The maximum absolute atomic E-state index is 13.1. The molecule has 4 aromatic rings. The zero-order chi connectivity index (χ0) is 27.9. The highest BCUT2D eigenvalue weighted by atomic mass is 19.4. The molecule has 1 aliphatic heterocycles. The van der Waals surface area contributed by atoms with Gasteiger partial charge in [-0.3, -0.25) is 14.7 Å². The molecule has 1 amide bonds. The highest BCUT2D eigenvalue weighted by Gasteiger charge is 2.33. The first kappa shape index (κ1) is 26.8. The number of hydrogen-bond acceptors (Lipinski definition) is 7. The Kier molecular flexibility index (Phi) is 6.93. The number of nitrogens with zero attached hydrogens (tertiary/aromatic N) is 5. The summed E-state index contributed by atoms with van der Waals surface area (Å²) in [6.07, 6.45) is 1.47. The third-order valence-corrected chi connectivity index (χ3v) is 6.81. The van der Waals surface area contributed by atoms with Crippen molar-refractivity contribution < 1.29 is 27.5 Å². The smallest absolute Gasteiger partial charge is 0.401 e. The molecule has 0 saturated carbocycles. The number of hydrogen-bond donors (Lipinski definition) is 2. The second-order valence-electron chi connectivity index (χ2n) is 10.4. The van der Waals surface area contributed by atoms with Gasteiger partial charge in [-0.25, -0.2) is 9.50 Å². The molecule has 0 unspecified atom stereocenters. The van der Waals surface area contributed by atoms with Crippen molar-refractivity contribution in [2.45, 2.75) is 51.3 Å². The number of pyridine rings is 2. The van der Waals surface area contributed by atoms with E-state index in [1.807, 2.05) is 13.0 Å². The van der Waals surface area contributed by atoms with E-state index in [0.29, 0.717) is 48.3 Å². The molecule has 0 aliphatic carbocycles. The number of aliphatic hydroxyl groups is 1. The number of nitrogens with one attached hydrogen (secondary N) is 1. The van der Waals surface area contributed by atoms with E-state index in [1.165, 1.54) is 11.2 Å². The van der Waals surface area contributed by atoms with Crippen LogP contribution in [0.1, 0.15) is 60.0 Å². The van der Waals surface area contributed by atoms with Crippen molar-refractivity contribution in [3.05, 3.63) is 65.6 Å². The molecule has 4 aromatic heterocycles. The van der Waals surface area contributed by atoms with Crippen LogP contribution in [0.15, 0.2) is 47.3 Å². The lowest BCUT2D eigenvalue weighted by Crippen LogP contribution is -2.39. The highest BCUT2D eigenvalue weighted by Crippen LogP contribution is 2.33. The number of alkyl halides is 3. The first-order valence-corrected chi connectivity index (χ1v) is 12.6. The van der Waals surface area contributed by atoms with Crippen LogP contribution in [0.4, 0.5) is 18.9 Å². The number of anilines is 1. The minimum absolute atomic E-state index is 0.0170. The van der Waals surface area contributed by atoms with Crippen LogP contribution >= 0.6 is 0 Å². The lowest BCUT2D eigenvalue weighted by Gasteiger charge is -2.31. The van der Waals surface area contributed by atoms with Gasteiger partial charge in [-0.2, -0.15) is 18.3 Å². The highest BCUT2D eigenvalue weighted by molar-refractivity contribution is 6.03. The Morgan fingerprint density at radius 2 is 1.95 bits per heavy atom. The van der Waals surface area contributed by atoms with Gasteiger partial charge in [0.15, 0.2) is 5.69 Å². The summed E-state index contributed by atoms with van der Waals surface area (Å²) < 4.78 is 45.4. The Morgan fingerprint density at radius 1 is 1.21 bits per heavy atom. The molecule has 0 atom stereocenters. The average molecular weight is 543 g/mol. The molecule has 12 heteroatoms. The summed E-state index contributed by atoms with van der Waals surface area (Å²) in [6, 6.07) is 7.12. The molecule has 5 rings (SSSR count). The monoisotopic (exact) mass is 542 g/mol. The average Bonchev–Trinajstić information content (AvgIpc) is 3.50. The second kappa shape index (κ2) is 10.1. The number of aryl methyl sites for hydroxylation is 1. The third-order valence-electron chi connectivity index (χ3n) is 6.81. The standard InChI is InChI=1S/C27H29F3N6O3/c1-16-10-18(4-7-31-16)25-33-23(14-39-25)24(37)32-22-12-19-11-21(34-36(19)13-20(22)26(2,3)38)17-5-8-35(9-6-17)15-27(28,29)30/h4,7,10-14,17,38H,5-6,8-9,15H2,1-3H3,(H,32,37). The van der Waals surface area contributed by atoms with Crippen LogP contribution in [-0.2, 0) is 5.60 Å². The fourth-order valence-corrected chi connectivity index (χ4v) is 4.86. The van der Waals surface area contributed by atoms with Crippen molar-refractivity contribution in [3.8, 4) is 11.5 Å². The van der Waals surface area contributed by atoms with Gasteiger partial charge in [0.25, 0.3) is 5.91 Å². The molecule has 9 nitrogen and oxygen atoms in total. The van der Waals surface area contributed by atoms with Crippen molar-refractivity contribution in [2.24, 2.45) is 0 Å². The Bertz CT molecular complexity index is 1500.